The fraction of sp³-hybridized carbons (Fsp3) is 1.00. The van der Waals surface area contributed by atoms with Gasteiger partial charge in [0.1, 0.15) is 0 Å². The Hall–Kier alpha value is 1.08. The maximum Gasteiger partial charge on any atom is 0.355 e. The maximum atomic E-state index is 12.3. The van der Waals surface area contributed by atoms with Crippen molar-refractivity contribution in [2.24, 2.45) is 0 Å². The molecule has 272 valence electrons. The summed E-state index contributed by atoms with van der Waals surface area (Å²) >= 11 is 0. The Balaban J connectivity index is 0.0000194. The third-order valence-corrected chi connectivity index (χ3v) is 20.1. The van der Waals surface area contributed by atoms with Crippen molar-refractivity contribution < 1.29 is 120 Å². The predicted molar refractivity (Wildman–Crippen MR) is 145 cm³/mol. The fourth-order valence-corrected chi connectivity index (χ4v) is 17.2. The lowest BCUT2D eigenvalue weighted by Crippen LogP contribution is -2.62. The summed E-state index contributed by atoms with van der Waals surface area (Å²) in [4.78, 5) is 155. The molecule has 0 bridgehead atoms. The smallest absolute Gasteiger partial charge is 0.355 e. The summed E-state index contributed by atoms with van der Waals surface area (Å²) in [6.07, 6.45) is -3.11. The van der Waals surface area contributed by atoms with Crippen molar-refractivity contribution in [2.75, 3.05) is 0 Å². The van der Waals surface area contributed by atoms with Crippen LogP contribution in [0.25, 0.3) is 0 Å². The van der Waals surface area contributed by atoms with Crippen LogP contribution in [0, 0.1) is 0 Å². The standard InChI is InChI=1S/C10H30N2O24P8.H2O/c13-37(14,15)7(38(16,17)18)11(8(39(19,20)21)40(22,23)24)5-3-1-2-4-6(5)12(9(41(25,26)27)42(28,29)30)10(43(31,32)33)44(34,35)36;/h5-10H,1-4H2,(H2,13,14,15)(H2,16,17,18)(H2,19,20,21)(H2,22,23,24)(H2,25,26,27)(H2,28,29,30)(H2,31,32,33)(H2,34,35,36);1H2/t5-,6-;/m1./s1. The highest BCUT2D eigenvalue weighted by Crippen LogP contribution is 2.72. The molecule has 1 fully saturated rings. The minimum atomic E-state index is -6.60. The third kappa shape index (κ3) is 11.8. The zero-order valence-electron chi connectivity index (χ0n) is 21.7. The van der Waals surface area contributed by atoms with Crippen LogP contribution in [-0.2, 0) is 36.5 Å². The Bertz CT molecular complexity index is 1140. The zero-order valence-corrected chi connectivity index (χ0v) is 28.8. The van der Waals surface area contributed by atoms with E-state index in [0.717, 1.165) is 0 Å². The topological polar surface area (TPSA) is 498 Å². The molecule has 18 N–H and O–H groups in total. The summed E-state index contributed by atoms with van der Waals surface area (Å²) in [5.74, 6) is 0. The largest absolute Gasteiger partial charge is 0.412 e. The second-order valence-electron chi connectivity index (χ2n) is 9.41. The van der Waals surface area contributed by atoms with E-state index < -0.39 is 130 Å². The molecule has 0 amide bonds. The van der Waals surface area contributed by atoms with Gasteiger partial charge in [-0.3, -0.25) is 46.3 Å². The van der Waals surface area contributed by atoms with Crippen LogP contribution < -0.4 is 0 Å². The summed E-state index contributed by atoms with van der Waals surface area (Å²) in [5.41, 5.74) is -15.9. The zero-order chi connectivity index (χ0) is 35.4. The minimum Gasteiger partial charge on any atom is -0.412 e. The van der Waals surface area contributed by atoms with E-state index in [1.807, 2.05) is 0 Å². The van der Waals surface area contributed by atoms with Crippen LogP contribution in [0.5, 0.6) is 0 Å². The molecular formula is C10H32N2O25P8. The molecule has 0 radical (unpaired) electrons. The van der Waals surface area contributed by atoms with Crippen LogP contribution >= 0.6 is 60.8 Å². The number of rotatable bonds is 14. The Morgan fingerprint density at radius 3 is 0.600 bits per heavy atom. The molecule has 1 rings (SSSR count). The molecule has 35 heteroatoms. The van der Waals surface area contributed by atoms with E-state index in [-0.39, 0.29) is 5.48 Å². The number of hydrogen-bond acceptors (Lipinski definition) is 10. The van der Waals surface area contributed by atoms with Gasteiger partial charge < -0.3 is 83.8 Å². The first kappa shape index (κ1) is 46.1. The molecule has 2 atom stereocenters. The van der Waals surface area contributed by atoms with Gasteiger partial charge in [0.15, 0.2) is 0 Å². The second-order valence-corrected chi connectivity index (χ2v) is 24.4. The Kier molecular flexibility index (Phi) is 15.1. The molecule has 0 unspecified atom stereocenters. The van der Waals surface area contributed by atoms with Gasteiger partial charge in [0.05, 0.1) is 0 Å². The summed E-state index contributed by atoms with van der Waals surface area (Å²) in [5, 5.41) is 0. The van der Waals surface area contributed by atoms with Gasteiger partial charge >= 0.3 is 60.8 Å². The van der Waals surface area contributed by atoms with E-state index >= 15 is 0 Å². The van der Waals surface area contributed by atoms with E-state index in [2.05, 4.69) is 0 Å². The lowest BCUT2D eigenvalue weighted by Gasteiger charge is -2.52. The fourth-order valence-electron chi connectivity index (χ4n) is 4.88. The molecule has 0 heterocycles. The molecule has 45 heavy (non-hydrogen) atoms. The van der Waals surface area contributed by atoms with Gasteiger partial charge in [-0.15, -0.1) is 0 Å². The lowest BCUT2D eigenvalue weighted by atomic mass is 9.89. The van der Waals surface area contributed by atoms with Crippen LogP contribution in [0.4, 0.5) is 0 Å². The molecule has 27 nitrogen and oxygen atoms in total. The molecular weight excluding hydrogens is 796 g/mol. The van der Waals surface area contributed by atoms with Crippen LogP contribution in [0.1, 0.15) is 25.7 Å². The molecule has 0 aromatic heterocycles. The first-order valence-corrected chi connectivity index (χ1v) is 24.4. The highest BCUT2D eigenvalue weighted by atomic mass is 31.3. The molecule has 0 aromatic carbocycles. The Morgan fingerprint density at radius 2 is 0.489 bits per heavy atom. The minimum absolute atomic E-state index is 0. The summed E-state index contributed by atoms with van der Waals surface area (Å²) in [7, 11) is -52.8. The molecule has 0 aromatic rings. The number of nitrogens with zero attached hydrogens (tertiary/aromatic N) is 2. The van der Waals surface area contributed by atoms with Crippen LogP contribution in [0.15, 0.2) is 0 Å². The van der Waals surface area contributed by atoms with Crippen molar-refractivity contribution >= 4 is 60.8 Å². The number of hydrogen-bond donors (Lipinski definition) is 16. The normalized spacial score (nSPS) is 20.5. The average molecular weight is 828 g/mol. The predicted octanol–water partition coefficient (Wildman–Crippen LogP) is -3.37. The van der Waals surface area contributed by atoms with Gasteiger partial charge in [-0.05, 0) is 12.8 Å². The van der Waals surface area contributed by atoms with Gasteiger partial charge in [0, 0.05) is 12.1 Å². The van der Waals surface area contributed by atoms with Crippen molar-refractivity contribution in [2.45, 2.75) is 59.9 Å². The van der Waals surface area contributed by atoms with Crippen molar-refractivity contribution in [1.82, 2.24) is 9.80 Å². The first-order chi connectivity index (χ1) is 19.0. The molecule has 1 aliphatic rings. The summed E-state index contributed by atoms with van der Waals surface area (Å²) in [6.45, 7) is 0. The SMILES string of the molecule is O.O=P(O)(O)C(N(C(P(=O)(O)O)P(=O)(O)O)[C@@H]1CCCC[C@H]1N(C(P(=O)(O)O)P(=O)(O)O)C(P(=O)(O)O)P(=O)(O)O)P(=O)(O)O. The third-order valence-electron chi connectivity index (χ3n) is 5.93. The quantitative estimate of drug-likeness (QED) is 0.0760. The van der Waals surface area contributed by atoms with Gasteiger partial charge in [0.2, 0.25) is 22.1 Å². The van der Waals surface area contributed by atoms with Crippen LogP contribution in [0.2, 0.25) is 0 Å². The highest BCUT2D eigenvalue weighted by Gasteiger charge is 2.66. The van der Waals surface area contributed by atoms with Crippen molar-refractivity contribution in [3.8, 4) is 0 Å². The highest BCUT2D eigenvalue weighted by molar-refractivity contribution is 7.73. The molecule has 0 aliphatic heterocycles. The van der Waals surface area contributed by atoms with Crippen molar-refractivity contribution in [3.63, 3.8) is 0 Å². The molecule has 1 saturated carbocycles. The van der Waals surface area contributed by atoms with Crippen molar-refractivity contribution in [3.05, 3.63) is 0 Å². The van der Waals surface area contributed by atoms with Crippen molar-refractivity contribution in [1.29, 1.82) is 0 Å². The Labute approximate surface area is 250 Å². The molecule has 0 saturated heterocycles. The van der Waals surface area contributed by atoms with Crippen LogP contribution in [0.3, 0.4) is 0 Å². The summed E-state index contributed by atoms with van der Waals surface area (Å²) < 4.78 is 98.8. The van der Waals surface area contributed by atoms with E-state index in [4.69, 9.17) is 0 Å². The van der Waals surface area contributed by atoms with Gasteiger partial charge in [-0.1, -0.05) is 12.8 Å². The molecule has 1 aliphatic carbocycles. The first-order valence-electron chi connectivity index (χ1n) is 10.9. The van der Waals surface area contributed by atoms with E-state index in [0.29, 0.717) is 0 Å². The summed E-state index contributed by atoms with van der Waals surface area (Å²) in [6, 6.07) is -5.69. The molecule has 0 spiro atoms. The lowest BCUT2D eigenvalue weighted by molar-refractivity contribution is 0.0323. The van der Waals surface area contributed by atoms with Gasteiger partial charge in [-0.2, -0.15) is 0 Å². The van der Waals surface area contributed by atoms with E-state index in [1.165, 1.54) is 0 Å². The maximum absolute atomic E-state index is 12.3. The van der Waals surface area contributed by atoms with Gasteiger partial charge in [-0.25, -0.2) is 0 Å². The van der Waals surface area contributed by atoms with Crippen LogP contribution in [-0.4, -0.2) is 128 Å². The second kappa shape index (κ2) is 14.7. The van der Waals surface area contributed by atoms with E-state index in [1.54, 1.807) is 0 Å². The average Bonchev–Trinajstić information content (AvgIpc) is 2.64. The Morgan fingerprint density at radius 1 is 0.356 bits per heavy atom. The van der Waals surface area contributed by atoms with E-state index in [9.17, 15) is 115 Å². The monoisotopic (exact) mass is 828 g/mol. The van der Waals surface area contributed by atoms with Gasteiger partial charge in [0.25, 0.3) is 0 Å².